The van der Waals surface area contributed by atoms with Crippen LogP contribution in [0.3, 0.4) is 0 Å². The van der Waals surface area contributed by atoms with Gasteiger partial charge in [-0.05, 0) is 56.9 Å². The second-order valence-electron chi connectivity index (χ2n) is 11.1. The van der Waals surface area contributed by atoms with Crippen molar-refractivity contribution in [3.8, 4) is 0 Å². The van der Waals surface area contributed by atoms with Gasteiger partial charge in [-0.25, -0.2) is 9.59 Å². The third-order valence-corrected chi connectivity index (χ3v) is 7.22. The van der Waals surface area contributed by atoms with Crippen LogP contribution >= 0.6 is 0 Å². The van der Waals surface area contributed by atoms with E-state index in [1.807, 2.05) is 99.6 Å². The number of amides is 1. The molecule has 1 amide bonds. The van der Waals surface area contributed by atoms with Gasteiger partial charge in [0.2, 0.25) is 0 Å². The van der Waals surface area contributed by atoms with Crippen LogP contribution in [-0.2, 0) is 31.1 Å². The fourth-order valence-corrected chi connectivity index (χ4v) is 5.43. The van der Waals surface area contributed by atoms with Crippen LogP contribution in [0.1, 0.15) is 44.7 Å². The Morgan fingerprint density at radius 3 is 2.15 bits per heavy atom. The number of carbonyl (C=O) groups is 3. The average Bonchev–Trinajstić information content (AvgIpc) is 2.91. The van der Waals surface area contributed by atoms with Crippen LogP contribution in [0.15, 0.2) is 84.9 Å². The number of aryl methyl sites for hydroxylation is 1. The number of nitrogens with zero attached hydrogens (tertiary/aromatic N) is 2. The predicted molar refractivity (Wildman–Crippen MR) is 150 cm³/mol. The molecular weight excluding hydrogens is 492 g/mol. The van der Waals surface area contributed by atoms with Gasteiger partial charge < -0.3 is 14.4 Å². The third-order valence-electron chi connectivity index (χ3n) is 7.22. The number of hydrogen-bond acceptors (Lipinski definition) is 6. The number of ether oxygens (including phenoxy) is 2. The van der Waals surface area contributed by atoms with Gasteiger partial charge in [0.25, 0.3) is 0 Å². The summed E-state index contributed by atoms with van der Waals surface area (Å²) in [7, 11) is 0. The zero-order valence-electron chi connectivity index (χ0n) is 22.6. The fraction of sp³-hybridized carbons (Fsp3) is 0.344. The normalized spacial score (nSPS) is 21.3. The lowest BCUT2D eigenvalue weighted by Gasteiger charge is -2.45. The fourth-order valence-electron chi connectivity index (χ4n) is 5.43. The summed E-state index contributed by atoms with van der Waals surface area (Å²) in [4.78, 5) is 43.9. The molecule has 202 valence electrons. The van der Waals surface area contributed by atoms with Crippen molar-refractivity contribution in [2.75, 3.05) is 22.9 Å². The summed E-state index contributed by atoms with van der Waals surface area (Å²) >= 11 is 0. The molecular formula is C32H34N2O5. The van der Waals surface area contributed by atoms with Crippen molar-refractivity contribution >= 4 is 29.2 Å². The van der Waals surface area contributed by atoms with Crippen molar-refractivity contribution in [3.05, 3.63) is 96.1 Å². The van der Waals surface area contributed by atoms with Gasteiger partial charge in [-0.15, -0.1) is 0 Å². The van der Waals surface area contributed by atoms with Gasteiger partial charge in [-0.2, -0.15) is 0 Å². The standard InChI is InChI=1S/C32H34N2O5/c1-31(2,3)39-30(37)34-21-20-33(25-16-10-11-17-26(25)34)28-27(35)22-32(38-29(28)36,24-14-8-5-9-15-24)19-18-23-12-6-4-7-13-23/h4-17,28H,18-22H2,1-3H3. The molecule has 0 saturated carbocycles. The van der Waals surface area contributed by atoms with Crippen molar-refractivity contribution in [1.82, 2.24) is 0 Å². The Morgan fingerprint density at radius 1 is 0.897 bits per heavy atom. The van der Waals surface area contributed by atoms with Crippen molar-refractivity contribution in [2.45, 2.75) is 57.3 Å². The van der Waals surface area contributed by atoms with Gasteiger partial charge in [0.1, 0.15) is 11.2 Å². The molecule has 1 fully saturated rings. The lowest BCUT2D eigenvalue weighted by Crippen LogP contribution is -2.59. The molecule has 5 rings (SSSR count). The molecule has 2 heterocycles. The van der Waals surface area contributed by atoms with Gasteiger partial charge in [-0.1, -0.05) is 72.8 Å². The Balaban J connectivity index is 1.43. The maximum Gasteiger partial charge on any atom is 0.414 e. The number of benzene rings is 3. The minimum atomic E-state index is -1.08. The highest BCUT2D eigenvalue weighted by molar-refractivity contribution is 6.09. The van der Waals surface area contributed by atoms with Gasteiger partial charge in [-0.3, -0.25) is 9.69 Å². The number of anilines is 2. The summed E-state index contributed by atoms with van der Waals surface area (Å²) in [6.07, 6.45) is 0.775. The molecule has 0 bridgehead atoms. The summed E-state index contributed by atoms with van der Waals surface area (Å²) in [5, 5.41) is 0. The van der Waals surface area contributed by atoms with E-state index in [-0.39, 0.29) is 18.7 Å². The smallest absolute Gasteiger partial charge is 0.414 e. The molecule has 1 saturated heterocycles. The maximum atomic E-state index is 13.9. The molecule has 0 aliphatic carbocycles. The number of hydrogen-bond donors (Lipinski definition) is 0. The summed E-state index contributed by atoms with van der Waals surface area (Å²) in [6.45, 7) is 6.03. The zero-order chi connectivity index (χ0) is 27.6. The molecule has 3 aromatic carbocycles. The largest absolute Gasteiger partial charge is 0.452 e. The Labute approximate surface area is 229 Å². The van der Waals surface area contributed by atoms with E-state index in [4.69, 9.17) is 9.47 Å². The van der Waals surface area contributed by atoms with Crippen LogP contribution < -0.4 is 9.80 Å². The number of rotatable bonds is 5. The average molecular weight is 527 g/mol. The Kier molecular flexibility index (Phi) is 7.17. The first kappa shape index (κ1) is 26.5. The van der Waals surface area contributed by atoms with Crippen LogP contribution in [-0.4, -0.2) is 42.6 Å². The number of Topliss-reactive ketones (excluding diaryl/α,β-unsaturated/α-hetero) is 1. The van der Waals surface area contributed by atoms with Gasteiger partial charge >= 0.3 is 12.1 Å². The Hall–Kier alpha value is -4.13. The van der Waals surface area contributed by atoms with E-state index in [9.17, 15) is 14.4 Å². The molecule has 0 aromatic heterocycles. The molecule has 0 radical (unpaired) electrons. The number of carbonyl (C=O) groups excluding carboxylic acids is 3. The summed E-state index contributed by atoms with van der Waals surface area (Å²) < 4.78 is 11.9. The lowest BCUT2D eigenvalue weighted by molar-refractivity contribution is -0.175. The maximum absolute atomic E-state index is 13.9. The SMILES string of the molecule is CC(C)(C)OC(=O)N1CCN(C2C(=O)CC(CCc3ccccc3)(c3ccccc3)OC2=O)c2ccccc21. The van der Waals surface area contributed by atoms with Crippen molar-refractivity contribution in [1.29, 1.82) is 0 Å². The second-order valence-corrected chi connectivity index (χ2v) is 11.1. The third kappa shape index (κ3) is 5.53. The molecule has 7 heteroatoms. The van der Waals surface area contributed by atoms with Crippen LogP contribution in [0, 0.1) is 0 Å². The van der Waals surface area contributed by atoms with Crippen molar-refractivity contribution in [3.63, 3.8) is 0 Å². The topological polar surface area (TPSA) is 76.2 Å². The Morgan fingerprint density at radius 2 is 1.51 bits per heavy atom. The molecule has 0 N–H and O–H groups in total. The Bertz CT molecular complexity index is 1330. The zero-order valence-corrected chi connectivity index (χ0v) is 22.6. The number of esters is 1. The first-order valence-corrected chi connectivity index (χ1v) is 13.4. The highest BCUT2D eigenvalue weighted by Gasteiger charge is 2.51. The summed E-state index contributed by atoms with van der Waals surface area (Å²) in [6, 6.07) is 25.7. The molecule has 2 unspecified atom stereocenters. The van der Waals surface area contributed by atoms with Gasteiger partial charge in [0, 0.05) is 13.1 Å². The minimum absolute atomic E-state index is 0.0781. The number of ketones is 1. The molecule has 3 aromatic rings. The number of fused-ring (bicyclic) bond motifs is 1. The molecule has 7 nitrogen and oxygen atoms in total. The predicted octanol–water partition coefficient (Wildman–Crippen LogP) is 5.66. The van der Waals surface area contributed by atoms with Gasteiger partial charge in [0.05, 0.1) is 17.8 Å². The molecule has 2 aliphatic heterocycles. The first-order valence-electron chi connectivity index (χ1n) is 13.4. The van der Waals surface area contributed by atoms with Crippen molar-refractivity contribution in [2.24, 2.45) is 0 Å². The van der Waals surface area contributed by atoms with Crippen LogP contribution in [0.2, 0.25) is 0 Å². The highest BCUT2D eigenvalue weighted by atomic mass is 16.6. The van der Waals surface area contributed by atoms with E-state index >= 15 is 0 Å². The quantitative estimate of drug-likeness (QED) is 0.315. The van der Waals surface area contributed by atoms with Crippen LogP contribution in [0.4, 0.5) is 16.2 Å². The van der Waals surface area contributed by atoms with E-state index in [0.717, 1.165) is 11.1 Å². The second kappa shape index (κ2) is 10.6. The minimum Gasteiger partial charge on any atom is -0.452 e. The molecule has 2 atom stereocenters. The first-order chi connectivity index (χ1) is 18.7. The van der Waals surface area contributed by atoms with E-state index < -0.39 is 29.3 Å². The van der Waals surface area contributed by atoms with Crippen LogP contribution in [0.5, 0.6) is 0 Å². The van der Waals surface area contributed by atoms with E-state index in [2.05, 4.69) is 0 Å². The molecule has 2 aliphatic rings. The monoisotopic (exact) mass is 526 g/mol. The lowest BCUT2D eigenvalue weighted by atomic mass is 9.79. The molecule has 39 heavy (non-hydrogen) atoms. The summed E-state index contributed by atoms with van der Waals surface area (Å²) in [5.74, 6) is -0.757. The highest BCUT2D eigenvalue weighted by Crippen LogP contribution is 2.42. The van der Waals surface area contributed by atoms with E-state index in [0.29, 0.717) is 30.8 Å². The van der Waals surface area contributed by atoms with E-state index in [1.165, 1.54) is 0 Å². The summed E-state index contributed by atoms with van der Waals surface area (Å²) in [5.41, 5.74) is 1.47. The van der Waals surface area contributed by atoms with Crippen molar-refractivity contribution < 1.29 is 23.9 Å². The van der Waals surface area contributed by atoms with Crippen LogP contribution in [0.25, 0.3) is 0 Å². The van der Waals surface area contributed by atoms with E-state index in [1.54, 1.807) is 15.9 Å². The molecule has 0 spiro atoms. The number of para-hydroxylation sites is 2. The number of cyclic esters (lactones) is 1. The van der Waals surface area contributed by atoms with Gasteiger partial charge in [0.15, 0.2) is 11.8 Å².